The Bertz CT molecular complexity index is 97.4. The Balaban J connectivity index is 4.26. The topological polar surface area (TPSA) is 0 Å². The van der Waals surface area contributed by atoms with Gasteiger partial charge in [-0.2, -0.15) is 0 Å². The summed E-state index contributed by atoms with van der Waals surface area (Å²) in [5, 5.41) is 0. The Morgan fingerprint density at radius 2 is 1.36 bits per heavy atom. The van der Waals surface area contributed by atoms with Crippen LogP contribution < -0.4 is 0 Å². The Morgan fingerprint density at radius 1 is 1.00 bits per heavy atom. The van der Waals surface area contributed by atoms with E-state index in [1.165, 1.54) is 17.4 Å². The number of hydrogen-bond donors (Lipinski definition) is 0. The molecule has 0 rings (SSSR count). The smallest absolute Gasteiger partial charge is 0.0833 e. The highest BCUT2D eigenvalue weighted by atomic mass is 15.4. The molecule has 0 fully saturated rings. The third kappa shape index (κ3) is 2.48. The fraction of sp³-hybridized carbons (Fsp3) is 1.00. The van der Waals surface area contributed by atoms with Gasteiger partial charge in [0.15, 0.2) is 0 Å². The zero-order chi connectivity index (χ0) is 9.07. The van der Waals surface area contributed by atoms with Crippen LogP contribution in [0.15, 0.2) is 0 Å². The third-order valence-electron chi connectivity index (χ3n) is 3.06. The molecule has 0 saturated carbocycles. The summed E-state index contributed by atoms with van der Waals surface area (Å²) in [4.78, 5) is 0. The van der Waals surface area contributed by atoms with Crippen LogP contribution in [0.25, 0.3) is 0 Å². The van der Waals surface area contributed by atoms with Crippen molar-refractivity contribution in [1.29, 1.82) is 0 Å². The number of rotatable bonds is 4. The van der Waals surface area contributed by atoms with Gasteiger partial charge >= 0.3 is 0 Å². The van der Waals surface area contributed by atoms with E-state index in [1.807, 2.05) is 0 Å². The minimum atomic E-state index is 0.745. The first-order chi connectivity index (χ1) is 4.95. The van der Waals surface area contributed by atoms with Crippen molar-refractivity contribution in [3.8, 4) is 0 Å². The van der Waals surface area contributed by atoms with E-state index in [0.717, 1.165) is 12.1 Å². The van der Waals surface area contributed by atoms with Crippen LogP contribution in [-0.2, 0) is 0 Å². The normalized spacial score (nSPS) is 13.1. The third-order valence-corrected chi connectivity index (χ3v) is 3.06. The van der Waals surface area contributed by atoms with Crippen LogP contribution in [0.2, 0.25) is 0 Å². The van der Waals surface area contributed by atoms with Crippen molar-refractivity contribution in [2.45, 2.75) is 53.1 Å². The summed E-state index contributed by atoms with van der Waals surface area (Å²) in [6.07, 6.45) is 1.28. The lowest BCUT2D eigenvalue weighted by Crippen LogP contribution is -2.54. The molecule has 68 valence electrons. The maximum atomic E-state index is 2.36. The fourth-order valence-corrected chi connectivity index (χ4v) is 1.59. The van der Waals surface area contributed by atoms with Crippen molar-refractivity contribution in [2.24, 2.45) is 0 Å². The molecule has 0 aliphatic rings. The zero-order valence-electron chi connectivity index (χ0n) is 9.02. The van der Waals surface area contributed by atoms with Crippen LogP contribution in [0, 0.1) is 0 Å². The summed E-state index contributed by atoms with van der Waals surface area (Å²) in [6.45, 7) is 12.8. The van der Waals surface area contributed by atoms with E-state index >= 15 is 0 Å². The van der Waals surface area contributed by atoms with Crippen molar-refractivity contribution in [1.82, 2.24) is 0 Å². The maximum Gasteiger partial charge on any atom is 0.0833 e. The number of nitrogens with zero attached hydrogens (tertiary/aromatic N) is 1. The van der Waals surface area contributed by atoms with E-state index in [-0.39, 0.29) is 0 Å². The van der Waals surface area contributed by atoms with Crippen LogP contribution in [0.3, 0.4) is 0 Å². The first-order valence-electron chi connectivity index (χ1n) is 4.80. The molecule has 0 amide bonds. The van der Waals surface area contributed by atoms with Gasteiger partial charge in [0.2, 0.25) is 0 Å². The van der Waals surface area contributed by atoms with Crippen LogP contribution in [0.1, 0.15) is 41.0 Å². The van der Waals surface area contributed by atoms with Gasteiger partial charge in [-0.05, 0) is 34.1 Å². The van der Waals surface area contributed by atoms with E-state index in [4.69, 9.17) is 0 Å². The lowest BCUT2D eigenvalue weighted by atomic mass is 10.1. The van der Waals surface area contributed by atoms with Gasteiger partial charge in [-0.3, -0.25) is 0 Å². The average molecular weight is 158 g/mol. The molecule has 0 radical (unpaired) electrons. The minimum absolute atomic E-state index is 0.745. The molecule has 0 aliphatic heterocycles. The summed E-state index contributed by atoms with van der Waals surface area (Å²) < 4.78 is 1.20. The van der Waals surface area contributed by atoms with Gasteiger partial charge in [0.1, 0.15) is 0 Å². The van der Waals surface area contributed by atoms with Crippen molar-refractivity contribution in [3.63, 3.8) is 0 Å². The van der Waals surface area contributed by atoms with Crippen molar-refractivity contribution in [2.75, 3.05) is 13.6 Å². The highest BCUT2D eigenvalue weighted by Gasteiger charge is 2.27. The molecule has 0 aliphatic carbocycles. The van der Waals surface area contributed by atoms with Gasteiger partial charge in [0, 0.05) is 0 Å². The Kier molecular flexibility index (Phi) is 4.09. The molecule has 0 spiro atoms. The summed E-state index contributed by atoms with van der Waals surface area (Å²) in [6, 6.07) is 1.49. The summed E-state index contributed by atoms with van der Waals surface area (Å²) in [7, 11) is 2.36. The van der Waals surface area contributed by atoms with Gasteiger partial charge in [-0.15, -0.1) is 0 Å². The van der Waals surface area contributed by atoms with E-state index < -0.39 is 0 Å². The molecule has 0 aromatic rings. The molecular weight excluding hydrogens is 134 g/mol. The molecule has 0 saturated heterocycles. The predicted molar refractivity (Wildman–Crippen MR) is 51.6 cm³/mol. The monoisotopic (exact) mass is 158 g/mol. The summed E-state index contributed by atoms with van der Waals surface area (Å²) in [5.41, 5.74) is 0. The van der Waals surface area contributed by atoms with Crippen LogP contribution in [0.5, 0.6) is 0 Å². The zero-order valence-corrected chi connectivity index (χ0v) is 9.02. The highest BCUT2D eigenvalue weighted by Crippen LogP contribution is 2.16. The van der Waals surface area contributed by atoms with Crippen molar-refractivity contribution in [3.05, 3.63) is 0 Å². The molecule has 0 bridgehead atoms. The lowest BCUT2D eigenvalue weighted by molar-refractivity contribution is -0.949. The second kappa shape index (κ2) is 4.10. The fourth-order valence-electron chi connectivity index (χ4n) is 1.59. The van der Waals surface area contributed by atoms with Crippen LogP contribution in [0.4, 0.5) is 0 Å². The van der Waals surface area contributed by atoms with E-state index in [9.17, 15) is 0 Å². The van der Waals surface area contributed by atoms with Gasteiger partial charge < -0.3 is 4.48 Å². The molecule has 11 heavy (non-hydrogen) atoms. The summed E-state index contributed by atoms with van der Waals surface area (Å²) in [5.74, 6) is 0. The van der Waals surface area contributed by atoms with E-state index in [1.54, 1.807) is 0 Å². The molecule has 0 aromatic heterocycles. The van der Waals surface area contributed by atoms with Gasteiger partial charge in [0.05, 0.1) is 25.7 Å². The molecule has 1 nitrogen and oxygen atoms in total. The average Bonchev–Trinajstić information content (AvgIpc) is 1.87. The number of hydrogen-bond acceptors (Lipinski definition) is 0. The van der Waals surface area contributed by atoms with Crippen molar-refractivity contribution >= 4 is 0 Å². The molecule has 0 aromatic carbocycles. The van der Waals surface area contributed by atoms with Crippen LogP contribution >= 0.6 is 0 Å². The lowest BCUT2D eigenvalue weighted by Gasteiger charge is -2.42. The molecule has 1 heteroatoms. The predicted octanol–water partition coefficient (Wildman–Crippen LogP) is 2.66. The largest absolute Gasteiger partial charge is 0.322 e. The Hall–Kier alpha value is -0.0400. The van der Waals surface area contributed by atoms with Crippen LogP contribution in [-0.4, -0.2) is 30.2 Å². The second-order valence-electron chi connectivity index (χ2n) is 4.26. The number of quaternary nitrogens is 1. The van der Waals surface area contributed by atoms with E-state index in [0.29, 0.717) is 0 Å². The standard InChI is InChI=1S/C10H24N/c1-7-8-11(6,9(2)3)10(4)5/h9-10H,7-8H2,1-6H3/q+1. The van der Waals surface area contributed by atoms with Gasteiger partial charge in [0.25, 0.3) is 0 Å². The first-order valence-corrected chi connectivity index (χ1v) is 4.80. The second-order valence-corrected chi connectivity index (χ2v) is 4.26. The molecule has 0 heterocycles. The van der Waals surface area contributed by atoms with E-state index in [2.05, 4.69) is 41.7 Å². The SMILES string of the molecule is CCC[N+](C)(C(C)C)C(C)C. The molecular formula is C10H24N+. The molecule has 0 N–H and O–H groups in total. The molecule has 0 unspecified atom stereocenters. The highest BCUT2D eigenvalue weighted by molar-refractivity contribution is 4.49. The minimum Gasteiger partial charge on any atom is -0.322 e. The quantitative estimate of drug-likeness (QED) is 0.552. The Morgan fingerprint density at radius 3 is 1.45 bits per heavy atom. The Labute approximate surface area is 72.0 Å². The molecule has 0 atom stereocenters. The first kappa shape index (κ1) is 11.0. The van der Waals surface area contributed by atoms with Gasteiger partial charge in [-0.1, -0.05) is 6.92 Å². The summed E-state index contributed by atoms with van der Waals surface area (Å²) >= 11 is 0. The van der Waals surface area contributed by atoms with Crippen molar-refractivity contribution < 1.29 is 4.48 Å². The van der Waals surface area contributed by atoms with Gasteiger partial charge in [-0.25, -0.2) is 0 Å². The maximum absolute atomic E-state index is 2.36.